The third kappa shape index (κ3) is 5.33. The molecular formula is C16H15ClF3N3O2. The van der Waals surface area contributed by atoms with Crippen molar-refractivity contribution in [3.63, 3.8) is 0 Å². The largest absolute Gasteiger partial charge is 0.418 e. The van der Waals surface area contributed by atoms with Crippen LogP contribution in [0.1, 0.15) is 16.1 Å². The van der Waals surface area contributed by atoms with Crippen molar-refractivity contribution in [2.24, 2.45) is 0 Å². The Morgan fingerprint density at radius 3 is 2.72 bits per heavy atom. The van der Waals surface area contributed by atoms with Gasteiger partial charge in [-0.25, -0.2) is 0 Å². The van der Waals surface area contributed by atoms with Crippen LogP contribution in [0, 0.1) is 0 Å². The van der Waals surface area contributed by atoms with E-state index in [2.05, 4.69) is 15.6 Å². The van der Waals surface area contributed by atoms with E-state index in [1.54, 1.807) is 0 Å². The quantitative estimate of drug-likeness (QED) is 0.754. The molecule has 25 heavy (non-hydrogen) atoms. The molecule has 1 aromatic heterocycles. The average molecular weight is 374 g/mol. The van der Waals surface area contributed by atoms with Gasteiger partial charge in [-0.1, -0.05) is 11.6 Å². The fourth-order valence-corrected chi connectivity index (χ4v) is 2.18. The summed E-state index contributed by atoms with van der Waals surface area (Å²) in [5.74, 6) is -0.451. The van der Waals surface area contributed by atoms with Crippen molar-refractivity contribution in [1.29, 1.82) is 0 Å². The molecule has 0 radical (unpaired) electrons. The minimum atomic E-state index is -4.57. The summed E-state index contributed by atoms with van der Waals surface area (Å²) in [6.07, 6.45) is -3.24. The molecule has 0 saturated heterocycles. The Balaban J connectivity index is 2.22. The van der Waals surface area contributed by atoms with Crippen LogP contribution in [-0.4, -0.2) is 31.2 Å². The van der Waals surface area contributed by atoms with Crippen molar-refractivity contribution in [3.8, 4) is 0 Å². The molecule has 134 valence electrons. The van der Waals surface area contributed by atoms with Gasteiger partial charge in [-0.05, 0) is 30.3 Å². The van der Waals surface area contributed by atoms with Crippen LogP contribution < -0.4 is 10.6 Å². The first kappa shape index (κ1) is 19.0. The number of nitrogens with zero attached hydrogens (tertiary/aromatic N) is 1. The molecule has 0 aliphatic carbocycles. The summed E-state index contributed by atoms with van der Waals surface area (Å²) in [5.41, 5.74) is -0.708. The maximum atomic E-state index is 13.1. The molecule has 1 aromatic carbocycles. The molecule has 9 heteroatoms. The van der Waals surface area contributed by atoms with Crippen LogP contribution in [0.15, 0.2) is 36.5 Å². The van der Waals surface area contributed by atoms with Gasteiger partial charge in [-0.15, -0.1) is 0 Å². The summed E-state index contributed by atoms with van der Waals surface area (Å²) in [7, 11) is 1.50. The monoisotopic (exact) mass is 373 g/mol. The van der Waals surface area contributed by atoms with E-state index in [4.69, 9.17) is 16.3 Å². The number of pyridine rings is 1. The number of rotatable bonds is 6. The lowest BCUT2D eigenvalue weighted by Gasteiger charge is -2.15. The zero-order valence-electron chi connectivity index (χ0n) is 13.2. The maximum Gasteiger partial charge on any atom is 0.418 e. The van der Waals surface area contributed by atoms with E-state index in [0.717, 1.165) is 6.07 Å². The number of alkyl halides is 3. The van der Waals surface area contributed by atoms with Crippen LogP contribution in [0.3, 0.4) is 0 Å². The fraction of sp³-hybridized carbons (Fsp3) is 0.250. The number of amides is 1. The minimum Gasteiger partial charge on any atom is -0.383 e. The van der Waals surface area contributed by atoms with Crippen molar-refractivity contribution >= 4 is 28.9 Å². The van der Waals surface area contributed by atoms with Crippen LogP contribution in [0.2, 0.25) is 5.02 Å². The summed E-state index contributed by atoms with van der Waals surface area (Å²) in [6.45, 7) is 0.632. The topological polar surface area (TPSA) is 63.2 Å². The highest BCUT2D eigenvalue weighted by atomic mass is 35.5. The number of halogens is 4. The van der Waals surface area contributed by atoms with Crippen molar-refractivity contribution in [3.05, 3.63) is 52.8 Å². The second-order valence-corrected chi connectivity index (χ2v) is 5.43. The predicted molar refractivity (Wildman–Crippen MR) is 88.2 cm³/mol. The van der Waals surface area contributed by atoms with Crippen LogP contribution in [0.25, 0.3) is 0 Å². The van der Waals surface area contributed by atoms with E-state index in [-0.39, 0.29) is 16.4 Å². The second kappa shape index (κ2) is 8.17. The third-order valence-corrected chi connectivity index (χ3v) is 3.39. The molecule has 0 aliphatic heterocycles. The van der Waals surface area contributed by atoms with E-state index in [9.17, 15) is 18.0 Å². The van der Waals surface area contributed by atoms with Crippen LogP contribution in [0.4, 0.5) is 24.5 Å². The van der Waals surface area contributed by atoms with Crippen molar-refractivity contribution < 1.29 is 22.7 Å². The number of hydrogen-bond acceptors (Lipinski definition) is 4. The summed E-state index contributed by atoms with van der Waals surface area (Å²) in [5, 5.41) is 5.21. The maximum absolute atomic E-state index is 13.1. The molecule has 0 fully saturated rings. The lowest BCUT2D eigenvalue weighted by Crippen LogP contribution is -2.27. The highest BCUT2D eigenvalue weighted by Gasteiger charge is 2.33. The number of hydrogen-bond donors (Lipinski definition) is 2. The van der Waals surface area contributed by atoms with Gasteiger partial charge in [-0.3, -0.25) is 9.78 Å². The third-order valence-electron chi connectivity index (χ3n) is 3.15. The van der Waals surface area contributed by atoms with Gasteiger partial charge in [0.15, 0.2) is 0 Å². The molecule has 0 aliphatic rings. The van der Waals surface area contributed by atoms with Gasteiger partial charge < -0.3 is 15.4 Å². The molecule has 0 spiro atoms. The average Bonchev–Trinajstić information content (AvgIpc) is 2.56. The van der Waals surface area contributed by atoms with E-state index in [1.807, 2.05) is 0 Å². The number of methoxy groups -OCH3 is 1. The molecule has 5 nitrogen and oxygen atoms in total. The Morgan fingerprint density at radius 2 is 2.04 bits per heavy atom. The Morgan fingerprint density at radius 1 is 1.28 bits per heavy atom. The van der Waals surface area contributed by atoms with Gasteiger partial charge in [0.1, 0.15) is 5.69 Å². The van der Waals surface area contributed by atoms with E-state index in [1.165, 1.54) is 37.6 Å². The van der Waals surface area contributed by atoms with Gasteiger partial charge in [-0.2, -0.15) is 13.2 Å². The molecule has 2 aromatic rings. The first-order chi connectivity index (χ1) is 11.8. The number of benzene rings is 1. The molecular weight excluding hydrogens is 359 g/mol. The summed E-state index contributed by atoms with van der Waals surface area (Å²) in [4.78, 5) is 15.8. The zero-order chi connectivity index (χ0) is 18.4. The van der Waals surface area contributed by atoms with Gasteiger partial charge in [0.25, 0.3) is 5.91 Å². The molecule has 2 N–H and O–H groups in total. The van der Waals surface area contributed by atoms with Crippen molar-refractivity contribution in [2.75, 3.05) is 25.6 Å². The van der Waals surface area contributed by atoms with Crippen molar-refractivity contribution in [2.45, 2.75) is 6.18 Å². The lowest BCUT2D eigenvalue weighted by atomic mass is 10.1. The highest BCUT2D eigenvalue weighted by Crippen LogP contribution is 2.37. The standard InChI is InChI=1S/C16H15ClF3N3O2/c1-25-7-6-22-15(24)14-9-11(4-5-21-14)23-13-3-2-10(17)8-12(13)16(18,19)20/h2-5,8-9H,6-7H2,1H3,(H,21,23)(H,22,24). The molecule has 1 amide bonds. The van der Waals surface area contributed by atoms with E-state index < -0.39 is 17.6 Å². The Kier molecular flexibility index (Phi) is 6.22. The molecule has 0 saturated carbocycles. The predicted octanol–water partition coefficient (Wildman–Crippen LogP) is 3.87. The smallest absolute Gasteiger partial charge is 0.383 e. The second-order valence-electron chi connectivity index (χ2n) is 4.99. The number of aromatic nitrogens is 1. The van der Waals surface area contributed by atoms with E-state index in [0.29, 0.717) is 18.8 Å². The molecule has 0 bridgehead atoms. The number of nitrogens with one attached hydrogen (secondary N) is 2. The van der Waals surface area contributed by atoms with Gasteiger partial charge in [0.2, 0.25) is 0 Å². The molecule has 0 atom stereocenters. The SMILES string of the molecule is COCCNC(=O)c1cc(Nc2ccc(Cl)cc2C(F)(F)F)ccn1. The Hall–Kier alpha value is -2.32. The summed E-state index contributed by atoms with van der Waals surface area (Å²) in [6, 6.07) is 6.23. The first-order valence-corrected chi connectivity index (χ1v) is 7.56. The Bertz CT molecular complexity index is 754. The number of carbonyl (C=O) groups excluding carboxylic acids is 1. The van der Waals surface area contributed by atoms with Crippen LogP contribution in [0.5, 0.6) is 0 Å². The van der Waals surface area contributed by atoms with Gasteiger partial charge in [0, 0.05) is 30.6 Å². The first-order valence-electron chi connectivity index (χ1n) is 7.18. The molecule has 1 heterocycles. The van der Waals surface area contributed by atoms with Crippen LogP contribution in [-0.2, 0) is 10.9 Å². The molecule has 0 unspecified atom stereocenters. The number of anilines is 2. The minimum absolute atomic E-state index is 0.0224. The normalized spacial score (nSPS) is 11.2. The fourth-order valence-electron chi connectivity index (χ4n) is 2.01. The van der Waals surface area contributed by atoms with Gasteiger partial charge >= 0.3 is 6.18 Å². The number of ether oxygens (including phenoxy) is 1. The zero-order valence-corrected chi connectivity index (χ0v) is 13.9. The van der Waals surface area contributed by atoms with Crippen molar-refractivity contribution in [1.82, 2.24) is 10.3 Å². The lowest BCUT2D eigenvalue weighted by molar-refractivity contribution is -0.136. The van der Waals surface area contributed by atoms with Gasteiger partial charge in [0.05, 0.1) is 17.9 Å². The van der Waals surface area contributed by atoms with Crippen LogP contribution >= 0.6 is 11.6 Å². The number of carbonyl (C=O) groups is 1. The highest BCUT2D eigenvalue weighted by molar-refractivity contribution is 6.30. The molecule has 2 rings (SSSR count). The summed E-state index contributed by atoms with van der Waals surface area (Å²) >= 11 is 5.65. The summed E-state index contributed by atoms with van der Waals surface area (Å²) < 4.78 is 44.2. The Labute approximate surface area is 147 Å². The van der Waals surface area contributed by atoms with E-state index >= 15 is 0 Å².